The van der Waals surface area contributed by atoms with Gasteiger partial charge in [0.1, 0.15) is 23.0 Å². The van der Waals surface area contributed by atoms with Gasteiger partial charge in [0.15, 0.2) is 0 Å². The van der Waals surface area contributed by atoms with Crippen LogP contribution in [0.15, 0.2) is 60.7 Å². The van der Waals surface area contributed by atoms with Crippen LogP contribution in [0.1, 0.15) is 26.3 Å². The van der Waals surface area contributed by atoms with Gasteiger partial charge in [-0.3, -0.25) is 0 Å². The van der Waals surface area contributed by atoms with E-state index in [2.05, 4.69) is 63.2 Å². The number of benzene rings is 3. The largest absolute Gasteiger partial charge is 0.458 e. The zero-order valence-electron chi connectivity index (χ0n) is 14.7. The van der Waals surface area contributed by atoms with Crippen LogP contribution in [0.4, 0.5) is 0 Å². The van der Waals surface area contributed by atoms with Crippen molar-refractivity contribution < 1.29 is 9.47 Å². The van der Waals surface area contributed by atoms with Crippen molar-refractivity contribution >= 4 is 23.1 Å². The van der Waals surface area contributed by atoms with E-state index in [1.807, 2.05) is 18.2 Å². The van der Waals surface area contributed by atoms with Gasteiger partial charge >= 0.3 is 0 Å². The third-order valence-electron chi connectivity index (χ3n) is 5.14. The molecule has 0 unspecified atom stereocenters. The molecule has 0 saturated heterocycles. The predicted molar refractivity (Wildman–Crippen MR) is 103 cm³/mol. The number of ether oxygens (including phenoxy) is 2. The van der Waals surface area contributed by atoms with E-state index in [9.17, 15) is 0 Å². The average molecular weight is 326 g/mol. The Kier molecular flexibility index (Phi) is 2.88. The van der Waals surface area contributed by atoms with Crippen LogP contribution in [-0.4, -0.2) is 6.71 Å². The lowest BCUT2D eigenvalue weighted by Gasteiger charge is -2.35. The molecule has 2 nitrogen and oxygen atoms in total. The molecule has 0 radical (unpaired) electrons. The fourth-order valence-electron chi connectivity index (χ4n) is 3.98. The standard InChI is InChI=1S/C22H19BO2/c1-22(2,3)14-12-13-19-20-21(14)25-18-11-7-5-9-16(18)23(20)15-8-4-6-10-17(15)24-19/h4-13H,1-3H3. The molecule has 2 heterocycles. The fraction of sp³-hybridized carbons (Fsp3) is 0.182. The summed E-state index contributed by atoms with van der Waals surface area (Å²) in [5, 5.41) is 0. The van der Waals surface area contributed by atoms with Crippen molar-refractivity contribution in [3.63, 3.8) is 0 Å². The van der Waals surface area contributed by atoms with Crippen molar-refractivity contribution in [3.05, 3.63) is 66.2 Å². The van der Waals surface area contributed by atoms with E-state index in [1.54, 1.807) is 0 Å². The lowest BCUT2D eigenvalue weighted by molar-refractivity contribution is 0.446. The Morgan fingerprint density at radius 3 is 1.92 bits per heavy atom. The lowest BCUT2D eigenvalue weighted by atomic mass is 9.34. The Morgan fingerprint density at radius 2 is 1.28 bits per heavy atom. The summed E-state index contributed by atoms with van der Waals surface area (Å²) in [5.74, 6) is 3.75. The number of fused-ring (bicyclic) bond motifs is 4. The molecule has 0 amide bonds. The molecule has 0 atom stereocenters. The Labute approximate surface area is 148 Å². The molecular formula is C22H19BO2. The summed E-state index contributed by atoms with van der Waals surface area (Å²) in [5.41, 5.74) is 4.78. The Bertz CT molecular complexity index is 990. The molecule has 0 spiro atoms. The molecule has 0 N–H and O–H groups in total. The molecule has 5 rings (SSSR count). The maximum atomic E-state index is 6.42. The molecule has 3 aromatic carbocycles. The Balaban J connectivity index is 1.86. The quantitative estimate of drug-likeness (QED) is 0.404. The molecule has 25 heavy (non-hydrogen) atoms. The van der Waals surface area contributed by atoms with Gasteiger partial charge in [-0.15, -0.1) is 0 Å². The highest BCUT2D eigenvalue weighted by atomic mass is 16.5. The highest BCUT2D eigenvalue weighted by Crippen LogP contribution is 2.40. The lowest BCUT2D eigenvalue weighted by Crippen LogP contribution is -2.57. The summed E-state index contributed by atoms with van der Waals surface area (Å²) in [4.78, 5) is 0. The maximum absolute atomic E-state index is 6.42. The molecule has 2 aliphatic rings. The van der Waals surface area contributed by atoms with Crippen LogP contribution in [0.3, 0.4) is 0 Å². The number of hydrogen-bond acceptors (Lipinski definition) is 2. The molecule has 0 fully saturated rings. The zero-order valence-corrected chi connectivity index (χ0v) is 14.7. The highest BCUT2D eigenvalue weighted by Gasteiger charge is 2.41. The molecule has 0 bridgehead atoms. The first-order chi connectivity index (χ1) is 12.0. The van der Waals surface area contributed by atoms with Crippen LogP contribution < -0.4 is 25.9 Å². The van der Waals surface area contributed by atoms with Crippen LogP contribution in [0.2, 0.25) is 0 Å². The third kappa shape index (κ3) is 2.05. The summed E-state index contributed by atoms with van der Waals surface area (Å²) in [6.07, 6.45) is 0. The van der Waals surface area contributed by atoms with E-state index >= 15 is 0 Å². The average Bonchev–Trinajstić information content (AvgIpc) is 2.60. The summed E-state index contributed by atoms with van der Waals surface area (Å²) < 4.78 is 12.6. The van der Waals surface area contributed by atoms with Crippen molar-refractivity contribution in [2.45, 2.75) is 26.2 Å². The number of rotatable bonds is 0. The van der Waals surface area contributed by atoms with Gasteiger partial charge in [0, 0.05) is 5.46 Å². The minimum absolute atomic E-state index is 0.00182. The zero-order chi connectivity index (χ0) is 17.2. The predicted octanol–water partition coefficient (Wildman–Crippen LogP) is 3.71. The van der Waals surface area contributed by atoms with Crippen molar-refractivity contribution in [2.24, 2.45) is 0 Å². The van der Waals surface area contributed by atoms with Crippen LogP contribution in [0.5, 0.6) is 23.0 Å². The molecule has 0 aromatic heterocycles. The maximum Gasteiger partial charge on any atom is 0.260 e. The first kappa shape index (κ1) is 14.6. The molecule has 122 valence electrons. The first-order valence-corrected chi connectivity index (χ1v) is 8.75. The number of para-hydroxylation sites is 2. The van der Waals surface area contributed by atoms with Gasteiger partial charge in [0.05, 0.1) is 0 Å². The molecule has 3 heteroatoms. The second-order valence-electron chi connectivity index (χ2n) is 7.82. The molecule has 0 saturated carbocycles. The normalized spacial score (nSPS) is 14.0. The van der Waals surface area contributed by atoms with Gasteiger partial charge < -0.3 is 9.47 Å². The van der Waals surface area contributed by atoms with Crippen molar-refractivity contribution in [3.8, 4) is 23.0 Å². The molecule has 2 aliphatic heterocycles. The van der Waals surface area contributed by atoms with Gasteiger partial charge in [0.25, 0.3) is 6.71 Å². The van der Waals surface area contributed by atoms with Crippen molar-refractivity contribution in [1.29, 1.82) is 0 Å². The molecule has 3 aromatic rings. The topological polar surface area (TPSA) is 18.5 Å². The summed E-state index contributed by atoms with van der Waals surface area (Å²) in [7, 11) is 0. The van der Waals surface area contributed by atoms with Gasteiger partial charge in [-0.05, 0) is 40.1 Å². The Hall–Kier alpha value is -2.68. The smallest absolute Gasteiger partial charge is 0.260 e. The van der Waals surface area contributed by atoms with Crippen LogP contribution in [-0.2, 0) is 5.41 Å². The summed E-state index contributed by atoms with van der Waals surface area (Å²) >= 11 is 0. The fourth-order valence-corrected chi connectivity index (χ4v) is 3.98. The SMILES string of the molecule is CC(C)(C)c1ccc2c3c1Oc1ccccc1B3c1ccccc1O2. The van der Waals surface area contributed by atoms with Gasteiger partial charge in [0.2, 0.25) is 0 Å². The third-order valence-corrected chi connectivity index (χ3v) is 5.14. The van der Waals surface area contributed by atoms with E-state index in [1.165, 1.54) is 16.5 Å². The highest BCUT2D eigenvalue weighted by molar-refractivity contribution is 6.98. The first-order valence-electron chi connectivity index (χ1n) is 8.75. The van der Waals surface area contributed by atoms with Crippen LogP contribution in [0, 0.1) is 0 Å². The Morgan fingerprint density at radius 1 is 0.680 bits per heavy atom. The van der Waals surface area contributed by atoms with Crippen LogP contribution >= 0.6 is 0 Å². The van der Waals surface area contributed by atoms with E-state index in [0.717, 1.165) is 28.5 Å². The van der Waals surface area contributed by atoms with Crippen LogP contribution in [0.25, 0.3) is 0 Å². The number of hydrogen-bond donors (Lipinski definition) is 0. The monoisotopic (exact) mass is 326 g/mol. The second kappa shape index (κ2) is 4.92. The van der Waals surface area contributed by atoms with Crippen molar-refractivity contribution in [2.75, 3.05) is 0 Å². The minimum atomic E-state index is -0.00182. The second-order valence-corrected chi connectivity index (χ2v) is 7.82. The molecular weight excluding hydrogens is 307 g/mol. The van der Waals surface area contributed by atoms with Crippen molar-refractivity contribution in [1.82, 2.24) is 0 Å². The van der Waals surface area contributed by atoms with E-state index in [4.69, 9.17) is 9.47 Å². The van der Waals surface area contributed by atoms with Gasteiger partial charge in [-0.25, -0.2) is 0 Å². The van der Waals surface area contributed by atoms with E-state index < -0.39 is 0 Å². The van der Waals surface area contributed by atoms with Gasteiger partial charge in [-0.2, -0.15) is 0 Å². The minimum Gasteiger partial charge on any atom is -0.458 e. The summed E-state index contributed by atoms with van der Waals surface area (Å²) in [6, 6.07) is 20.9. The summed E-state index contributed by atoms with van der Waals surface area (Å²) in [6.45, 7) is 6.83. The molecule has 0 aliphatic carbocycles. The van der Waals surface area contributed by atoms with E-state index in [0.29, 0.717) is 0 Å². The van der Waals surface area contributed by atoms with Gasteiger partial charge in [-0.1, -0.05) is 63.2 Å². The van der Waals surface area contributed by atoms with E-state index in [-0.39, 0.29) is 12.1 Å².